The van der Waals surface area contributed by atoms with Crippen molar-refractivity contribution in [2.24, 2.45) is 0 Å². The predicted molar refractivity (Wildman–Crippen MR) is 106 cm³/mol. The van der Waals surface area contributed by atoms with E-state index in [4.69, 9.17) is 4.42 Å². The van der Waals surface area contributed by atoms with Crippen LogP contribution >= 0.6 is 27.3 Å². The number of benzene rings is 1. The van der Waals surface area contributed by atoms with Crippen molar-refractivity contribution in [1.82, 2.24) is 0 Å². The van der Waals surface area contributed by atoms with Crippen LogP contribution in [0.2, 0.25) is 0 Å². The van der Waals surface area contributed by atoms with Crippen molar-refractivity contribution >= 4 is 44.6 Å². The third-order valence-electron chi connectivity index (χ3n) is 4.33. The van der Waals surface area contributed by atoms with E-state index in [0.717, 1.165) is 4.47 Å². The Balaban J connectivity index is 1.87. The minimum atomic E-state index is -0.832. The SMILES string of the molecule is Cc1ccc(C2C(C(=O)c3cccs3)=C(O)C(=O)N2c2ccc(Br)cc2)o1. The van der Waals surface area contributed by atoms with E-state index in [1.807, 2.05) is 0 Å². The van der Waals surface area contributed by atoms with E-state index < -0.39 is 17.7 Å². The molecule has 1 N–H and O–H groups in total. The summed E-state index contributed by atoms with van der Waals surface area (Å²) < 4.78 is 6.60. The Kier molecular flexibility index (Phi) is 4.49. The molecule has 7 heteroatoms. The first-order chi connectivity index (χ1) is 13.0. The number of thiophene rings is 1. The summed E-state index contributed by atoms with van der Waals surface area (Å²) in [6.45, 7) is 1.79. The van der Waals surface area contributed by atoms with Gasteiger partial charge >= 0.3 is 0 Å². The first-order valence-corrected chi connectivity index (χ1v) is 9.81. The number of Topliss-reactive ketones (excluding diaryl/α,β-unsaturated/α-hetero) is 1. The van der Waals surface area contributed by atoms with Crippen LogP contribution in [0.3, 0.4) is 0 Å². The Morgan fingerprint density at radius 2 is 1.93 bits per heavy atom. The van der Waals surface area contributed by atoms with Crippen molar-refractivity contribution in [3.05, 3.63) is 86.1 Å². The molecule has 0 saturated heterocycles. The van der Waals surface area contributed by atoms with E-state index >= 15 is 0 Å². The molecule has 2 aromatic heterocycles. The molecule has 1 aliphatic rings. The van der Waals surface area contributed by atoms with Gasteiger partial charge in [-0.2, -0.15) is 0 Å². The highest BCUT2D eigenvalue weighted by Gasteiger charge is 2.46. The summed E-state index contributed by atoms with van der Waals surface area (Å²) in [6, 6.07) is 13.2. The van der Waals surface area contributed by atoms with Gasteiger partial charge in [-0.1, -0.05) is 22.0 Å². The highest BCUT2D eigenvalue weighted by atomic mass is 79.9. The van der Waals surface area contributed by atoms with Crippen molar-refractivity contribution in [3.63, 3.8) is 0 Å². The normalized spacial score (nSPS) is 17.0. The number of ketones is 1. The zero-order chi connectivity index (χ0) is 19.1. The largest absolute Gasteiger partial charge is 0.503 e. The molecular weight excluding hydrogens is 430 g/mol. The number of hydrogen-bond donors (Lipinski definition) is 1. The van der Waals surface area contributed by atoms with Gasteiger partial charge in [-0.05, 0) is 54.8 Å². The van der Waals surface area contributed by atoms with Gasteiger partial charge in [0.15, 0.2) is 5.76 Å². The van der Waals surface area contributed by atoms with Crippen LogP contribution < -0.4 is 4.90 Å². The number of furan rings is 1. The molecule has 1 amide bonds. The zero-order valence-electron chi connectivity index (χ0n) is 14.2. The second-order valence-corrected chi connectivity index (χ2v) is 7.93. The molecular formula is C20H14BrNO4S. The van der Waals surface area contributed by atoms with Gasteiger partial charge in [-0.3, -0.25) is 14.5 Å². The quantitative estimate of drug-likeness (QED) is 0.562. The van der Waals surface area contributed by atoms with Crippen molar-refractivity contribution in [1.29, 1.82) is 0 Å². The number of carbonyl (C=O) groups excluding carboxylic acids is 2. The monoisotopic (exact) mass is 443 g/mol. The summed E-state index contributed by atoms with van der Waals surface area (Å²) in [5, 5.41) is 12.4. The molecule has 3 heterocycles. The molecule has 1 atom stereocenters. The van der Waals surface area contributed by atoms with Crippen LogP contribution in [0.5, 0.6) is 0 Å². The van der Waals surface area contributed by atoms with Crippen LogP contribution in [0.4, 0.5) is 5.69 Å². The van der Waals surface area contributed by atoms with Gasteiger partial charge in [0, 0.05) is 10.2 Å². The fourth-order valence-electron chi connectivity index (χ4n) is 3.12. The lowest BCUT2D eigenvalue weighted by Gasteiger charge is -2.25. The van der Waals surface area contributed by atoms with Gasteiger partial charge in [0.2, 0.25) is 5.78 Å². The van der Waals surface area contributed by atoms with Crippen molar-refractivity contribution in [3.8, 4) is 0 Å². The molecule has 4 rings (SSSR count). The Morgan fingerprint density at radius 1 is 1.19 bits per heavy atom. The Hall–Kier alpha value is -2.64. The number of rotatable bonds is 4. The van der Waals surface area contributed by atoms with Crippen LogP contribution in [0, 0.1) is 6.92 Å². The Bertz CT molecular complexity index is 1050. The minimum absolute atomic E-state index is 0.0275. The molecule has 3 aromatic rings. The predicted octanol–water partition coefficient (Wildman–Crippen LogP) is 5.19. The molecule has 1 unspecified atom stereocenters. The van der Waals surface area contributed by atoms with E-state index in [9.17, 15) is 14.7 Å². The number of amides is 1. The van der Waals surface area contributed by atoms with Crippen LogP contribution in [0.1, 0.15) is 27.2 Å². The summed E-state index contributed by atoms with van der Waals surface area (Å²) in [5.41, 5.74) is 0.586. The molecule has 0 bridgehead atoms. The molecule has 0 spiro atoms. The van der Waals surface area contributed by atoms with Gasteiger partial charge in [-0.25, -0.2) is 0 Å². The van der Waals surface area contributed by atoms with Crippen molar-refractivity contribution in [2.75, 3.05) is 4.90 Å². The van der Waals surface area contributed by atoms with Crippen molar-refractivity contribution in [2.45, 2.75) is 13.0 Å². The standard InChI is InChI=1S/C20H14BrNO4S/c1-11-4-9-14(26-11)17-16(18(23)15-3-2-10-27-15)19(24)20(25)22(17)13-7-5-12(21)6-8-13/h2-10,17,24H,1H3. The van der Waals surface area contributed by atoms with Gasteiger partial charge < -0.3 is 9.52 Å². The second-order valence-electron chi connectivity index (χ2n) is 6.07. The number of nitrogens with zero attached hydrogens (tertiary/aromatic N) is 1. The van der Waals surface area contributed by atoms with E-state index in [0.29, 0.717) is 22.1 Å². The number of halogens is 1. The van der Waals surface area contributed by atoms with Gasteiger partial charge in [0.1, 0.15) is 17.6 Å². The van der Waals surface area contributed by atoms with Crippen LogP contribution in [0.25, 0.3) is 0 Å². The number of aliphatic hydroxyl groups excluding tert-OH is 1. The maximum Gasteiger partial charge on any atom is 0.294 e. The molecule has 0 saturated carbocycles. The highest BCUT2D eigenvalue weighted by Crippen LogP contribution is 2.42. The average molecular weight is 444 g/mol. The summed E-state index contributed by atoms with van der Waals surface area (Å²) >= 11 is 4.63. The Labute approximate surface area is 167 Å². The zero-order valence-corrected chi connectivity index (χ0v) is 16.6. The van der Waals surface area contributed by atoms with Gasteiger partial charge in [-0.15, -0.1) is 11.3 Å². The molecule has 0 fully saturated rings. The third-order valence-corrected chi connectivity index (χ3v) is 5.73. The van der Waals surface area contributed by atoms with Crippen LogP contribution in [-0.2, 0) is 4.79 Å². The number of aliphatic hydroxyl groups is 1. The van der Waals surface area contributed by atoms with E-state index in [2.05, 4.69) is 15.9 Å². The molecule has 1 aliphatic heterocycles. The van der Waals surface area contributed by atoms with Gasteiger partial charge in [0.05, 0.1) is 10.5 Å². The van der Waals surface area contributed by atoms with Crippen molar-refractivity contribution < 1.29 is 19.1 Å². The maximum atomic E-state index is 13.1. The fourth-order valence-corrected chi connectivity index (χ4v) is 4.06. The lowest BCUT2D eigenvalue weighted by atomic mass is 10.00. The highest BCUT2D eigenvalue weighted by molar-refractivity contribution is 9.10. The molecule has 0 aliphatic carbocycles. The average Bonchev–Trinajstić information content (AvgIpc) is 3.37. The Morgan fingerprint density at radius 3 is 2.52 bits per heavy atom. The molecule has 5 nitrogen and oxygen atoms in total. The number of hydrogen-bond acceptors (Lipinski definition) is 5. The number of carbonyl (C=O) groups is 2. The van der Waals surface area contributed by atoms with Crippen LogP contribution in [0.15, 0.2) is 74.1 Å². The van der Waals surface area contributed by atoms with Gasteiger partial charge in [0.25, 0.3) is 5.91 Å². The summed E-state index contributed by atoms with van der Waals surface area (Å²) in [4.78, 5) is 27.8. The van der Waals surface area contributed by atoms with E-state index in [-0.39, 0.29) is 11.4 Å². The molecule has 27 heavy (non-hydrogen) atoms. The lowest BCUT2D eigenvalue weighted by Crippen LogP contribution is -2.30. The molecule has 1 aromatic carbocycles. The minimum Gasteiger partial charge on any atom is -0.503 e. The summed E-state index contributed by atoms with van der Waals surface area (Å²) in [7, 11) is 0. The summed E-state index contributed by atoms with van der Waals surface area (Å²) in [5.74, 6) is -0.476. The van der Waals surface area contributed by atoms with Crippen LogP contribution in [-0.4, -0.2) is 16.8 Å². The topological polar surface area (TPSA) is 70.8 Å². The second kappa shape index (κ2) is 6.83. The third kappa shape index (κ3) is 3.02. The lowest BCUT2D eigenvalue weighted by molar-refractivity contribution is -0.117. The molecule has 136 valence electrons. The first kappa shape index (κ1) is 17.8. The smallest absolute Gasteiger partial charge is 0.294 e. The first-order valence-electron chi connectivity index (χ1n) is 8.14. The number of anilines is 1. The maximum absolute atomic E-state index is 13.1. The fraction of sp³-hybridized carbons (Fsp3) is 0.100. The van der Waals surface area contributed by atoms with E-state index in [1.165, 1.54) is 16.2 Å². The number of aryl methyl sites for hydroxylation is 1. The summed E-state index contributed by atoms with van der Waals surface area (Å²) in [6.07, 6.45) is 0. The molecule has 0 radical (unpaired) electrons. The van der Waals surface area contributed by atoms with E-state index in [1.54, 1.807) is 60.8 Å².